The lowest BCUT2D eigenvalue weighted by Crippen LogP contribution is -2.34. The van der Waals surface area contributed by atoms with Crippen LogP contribution in [0.1, 0.15) is 18.1 Å². The lowest BCUT2D eigenvalue weighted by Gasteiger charge is -2.27. The van der Waals surface area contributed by atoms with Gasteiger partial charge in [0.15, 0.2) is 11.5 Å². The van der Waals surface area contributed by atoms with Crippen LogP contribution in [-0.4, -0.2) is 43.9 Å². The first-order valence-corrected chi connectivity index (χ1v) is 10.3. The first kappa shape index (κ1) is 21.0. The fourth-order valence-corrected chi connectivity index (χ4v) is 3.90. The summed E-state index contributed by atoms with van der Waals surface area (Å²) < 4.78 is 22.7. The fourth-order valence-electron chi connectivity index (χ4n) is 3.90. The van der Waals surface area contributed by atoms with E-state index in [9.17, 15) is 0 Å². The molecule has 1 atom stereocenters. The number of pyridine rings is 1. The second-order valence-corrected chi connectivity index (χ2v) is 7.64. The summed E-state index contributed by atoms with van der Waals surface area (Å²) in [6.07, 6.45) is 3.63. The van der Waals surface area contributed by atoms with Crippen molar-refractivity contribution in [3.63, 3.8) is 0 Å². The van der Waals surface area contributed by atoms with Crippen molar-refractivity contribution in [1.82, 2.24) is 9.88 Å². The summed E-state index contributed by atoms with van der Waals surface area (Å²) in [5, 5.41) is 0. The molecule has 1 aliphatic rings. The highest BCUT2D eigenvalue weighted by molar-refractivity contribution is 5.65. The van der Waals surface area contributed by atoms with E-state index in [4.69, 9.17) is 18.9 Å². The van der Waals surface area contributed by atoms with E-state index in [1.54, 1.807) is 21.3 Å². The maximum absolute atomic E-state index is 6.13. The van der Waals surface area contributed by atoms with Gasteiger partial charge >= 0.3 is 0 Å². The van der Waals surface area contributed by atoms with E-state index >= 15 is 0 Å². The van der Waals surface area contributed by atoms with Crippen LogP contribution in [0.3, 0.4) is 0 Å². The summed E-state index contributed by atoms with van der Waals surface area (Å²) in [4.78, 5) is 6.52. The number of benzene rings is 2. The van der Waals surface area contributed by atoms with Crippen molar-refractivity contribution in [3.05, 3.63) is 66.0 Å². The van der Waals surface area contributed by atoms with Gasteiger partial charge in [0.1, 0.15) is 18.1 Å². The second-order valence-electron chi connectivity index (χ2n) is 7.64. The molecule has 162 valence electrons. The van der Waals surface area contributed by atoms with Crippen molar-refractivity contribution in [2.45, 2.75) is 26.1 Å². The van der Waals surface area contributed by atoms with Crippen molar-refractivity contribution >= 4 is 0 Å². The predicted molar refractivity (Wildman–Crippen MR) is 120 cm³/mol. The van der Waals surface area contributed by atoms with Gasteiger partial charge < -0.3 is 18.9 Å². The molecule has 0 aliphatic carbocycles. The SMILES string of the molecule is COc1cc(OC)c(OC)cc1CN1Cc2cc(-c3ccncc3)ccc2OCC1C. The van der Waals surface area contributed by atoms with Gasteiger partial charge in [-0.05, 0) is 48.4 Å². The molecule has 4 rings (SSSR count). The van der Waals surface area contributed by atoms with Gasteiger partial charge in [0.25, 0.3) is 0 Å². The van der Waals surface area contributed by atoms with Gasteiger partial charge in [-0.1, -0.05) is 6.07 Å². The highest BCUT2D eigenvalue weighted by Crippen LogP contribution is 2.37. The average Bonchev–Trinajstić information content (AvgIpc) is 2.97. The Labute approximate surface area is 183 Å². The van der Waals surface area contributed by atoms with E-state index in [0.29, 0.717) is 24.7 Å². The van der Waals surface area contributed by atoms with Gasteiger partial charge in [-0.15, -0.1) is 0 Å². The van der Waals surface area contributed by atoms with Gasteiger partial charge in [0.2, 0.25) is 0 Å². The molecular weight excluding hydrogens is 392 g/mol. The smallest absolute Gasteiger partial charge is 0.164 e. The van der Waals surface area contributed by atoms with Crippen LogP contribution in [0.2, 0.25) is 0 Å². The maximum Gasteiger partial charge on any atom is 0.164 e. The zero-order chi connectivity index (χ0) is 21.8. The maximum atomic E-state index is 6.13. The first-order chi connectivity index (χ1) is 15.1. The number of hydrogen-bond acceptors (Lipinski definition) is 6. The molecular formula is C25H28N2O4. The Balaban J connectivity index is 1.65. The Morgan fingerprint density at radius 1 is 0.903 bits per heavy atom. The molecule has 0 fully saturated rings. The number of hydrogen-bond donors (Lipinski definition) is 0. The van der Waals surface area contributed by atoms with Crippen LogP contribution in [0, 0.1) is 0 Å². The van der Waals surface area contributed by atoms with Crippen LogP contribution < -0.4 is 18.9 Å². The van der Waals surface area contributed by atoms with Gasteiger partial charge in [-0.3, -0.25) is 9.88 Å². The molecule has 0 bridgehead atoms. The van der Waals surface area contributed by atoms with E-state index in [1.165, 1.54) is 0 Å². The lowest BCUT2D eigenvalue weighted by atomic mass is 10.0. The van der Waals surface area contributed by atoms with Crippen molar-refractivity contribution in [2.75, 3.05) is 27.9 Å². The molecule has 6 nitrogen and oxygen atoms in total. The molecule has 0 amide bonds. The van der Waals surface area contributed by atoms with Gasteiger partial charge in [0.05, 0.1) is 21.3 Å². The van der Waals surface area contributed by atoms with E-state index in [0.717, 1.165) is 40.3 Å². The zero-order valence-corrected chi connectivity index (χ0v) is 18.4. The summed E-state index contributed by atoms with van der Waals surface area (Å²) in [5.41, 5.74) is 4.50. The van der Waals surface area contributed by atoms with E-state index in [1.807, 2.05) is 36.7 Å². The zero-order valence-electron chi connectivity index (χ0n) is 18.4. The summed E-state index contributed by atoms with van der Waals surface area (Å²) in [7, 11) is 4.95. The van der Waals surface area contributed by atoms with Crippen molar-refractivity contribution in [2.24, 2.45) is 0 Å². The van der Waals surface area contributed by atoms with Gasteiger partial charge in [0, 0.05) is 48.7 Å². The molecule has 1 aromatic heterocycles. The van der Waals surface area contributed by atoms with Crippen LogP contribution in [0.15, 0.2) is 54.9 Å². The van der Waals surface area contributed by atoms with Crippen molar-refractivity contribution in [3.8, 4) is 34.1 Å². The Bertz CT molecular complexity index is 1040. The van der Waals surface area contributed by atoms with E-state index in [2.05, 4.69) is 35.0 Å². The topological polar surface area (TPSA) is 53.0 Å². The molecule has 2 heterocycles. The number of methoxy groups -OCH3 is 3. The minimum Gasteiger partial charge on any atom is -0.496 e. The quantitative estimate of drug-likeness (QED) is 0.583. The highest BCUT2D eigenvalue weighted by atomic mass is 16.5. The minimum atomic E-state index is 0.231. The third kappa shape index (κ3) is 4.44. The molecule has 31 heavy (non-hydrogen) atoms. The van der Waals surface area contributed by atoms with Gasteiger partial charge in [-0.2, -0.15) is 0 Å². The standard InChI is InChI=1S/C25H28N2O4/c1-17-16-31-22-6-5-19(18-7-9-26-10-8-18)11-20(22)14-27(17)15-21-12-24(29-3)25(30-4)13-23(21)28-2/h5-13,17H,14-16H2,1-4H3. The van der Waals surface area contributed by atoms with Crippen LogP contribution >= 0.6 is 0 Å². The highest BCUT2D eigenvalue weighted by Gasteiger charge is 2.24. The van der Waals surface area contributed by atoms with Crippen LogP contribution in [0.4, 0.5) is 0 Å². The number of ether oxygens (including phenoxy) is 4. The summed E-state index contributed by atoms with van der Waals surface area (Å²) in [6.45, 7) is 4.28. The van der Waals surface area contributed by atoms with Crippen LogP contribution in [0.5, 0.6) is 23.0 Å². The third-order valence-corrected chi connectivity index (χ3v) is 5.71. The first-order valence-electron chi connectivity index (χ1n) is 10.3. The molecule has 0 N–H and O–H groups in total. The molecule has 0 saturated carbocycles. The molecule has 0 radical (unpaired) electrons. The van der Waals surface area contributed by atoms with E-state index < -0.39 is 0 Å². The lowest BCUT2D eigenvalue weighted by molar-refractivity contribution is 0.150. The number of fused-ring (bicyclic) bond motifs is 1. The number of nitrogens with zero attached hydrogens (tertiary/aromatic N) is 2. The third-order valence-electron chi connectivity index (χ3n) is 5.71. The summed E-state index contributed by atoms with van der Waals surface area (Å²) in [5.74, 6) is 3.06. The monoisotopic (exact) mass is 420 g/mol. The molecule has 2 aromatic carbocycles. The molecule has 1 aliphatic heterocycles. The fraction of sp³-hybridized carbons (Fsp3) is 0.320. The van der Waals surface area contributed by atoms with Crippen molar-refractivity contribution < 1.29 is 18.9 Å². The molecule has 3 aromatic rings. The van der Waals surface area contributed by atoms with Crippen LogP contribution in [-0.2, 0) is 13.1 Å². The molecule has 0 saturated heterocycles. The largest absolute Gasteiger partial charge is 0.496 e. The number of aromatic nitrogens is 1. The Kier molecular flexibility index (Phi) is 6.28. The second kappa shape index (κ2) is 9.27. The molecule has 6 heteroatoms. The Hall–Kier alpha value is -3.25. The van der Waals surface area contributed by atoms with Gasteiger partial charge in [-0.25, -0.2) is 0 Å². The van der Waals surface area contributed by atoms with Crippen LogP contribution in [0.25, 0.3) is 11.1 Å². The summed E-state index contributed by atoms with van der Waals surface area (Å²) >= 11 is 0. The van der Waals surface area contributed by atoms with E-state index in [-0.39, 0.29) is 6.04 Å². The molecule has 1 unspecified atom stereocenters. The predicted octanol–water partition coefficient (Wildman–Crippen LogP) is 4.56. The Morgan fingerprint density at radius 2 is 1.61 bits per heavy atom. The Morgan fingerprint density at radius 3 is 2.32 bits per heavy atom. The molecule has 0 spiro atoms. The summed E-state index contributed by atoms with van der Waals surface area (Å²) in [6, 6.07) is 14.5. The minimum absolute atomic E-state index is 0.231. The van der Waals surface area contributed by atoms with Crippen molar-refractivity contribution in [1.29, 1.82) is 0 Å². The normalized spacial score (nSPS) is 16.1. The number of rotatable bonds is 6. The average molecular weight is 421 g/mol.